The lowest BCUT2D eigenvalue weighted by Gasteiger charge is -2.34. The lowest BCUT2D eigenvalue weighted by atomic mass is 10.2. The summed E-state index contributed by atoms with van der Waals surface area (Å²) in [6, 6.07) is 7.65. The predicted molar refractivity (Wildman–Crippen MR) is 97.5 cm³/mol. The molecule has 0 atom stereocenters. The summed E-state index contributed by atoms with van der Waals surface area (Å²) in [5, 5.41) is 14.8. The number of nitrogens with one attached hydrogen (secondary N) is 1. The third-order valence-electron chi connectivity index (χ3n) is 4.39. The highest BCUT2D eigenvalue weighted by molar-refractivity contribution is 5.74. The van der Waals surface area contributed by atoms with Gasteiger partial charge in [0, 0.05) is 31.9 Å². The second kappa shape index (κ2) is 7.43. The molecular formula is C17H22N6O2. The van der Waals surface area contributed by atoms with Crippen LogP contribution in [-0.2, 0) is 0 Å². The Bertz CT molecular complexity index is 759. The van der Waals surface area contributed by atoms with Gasteiger partial charge in [0.15, 0.2) is 0 Å². The third kappa shape index (κ3) is 3.85. The van der Waals surface area contributed by atoms with Crippen molar-refractivity contribution in [3.05, 3.63) is 46.3 Å². The molecule has 8 nitrogen and oxygen atoms in total. The largest absolute Gasteiger partial charge is 0.353 e. The van der Waals surface area contributed by atoms with Gasteiger partial charge in [0.1, 0.15) is 6.33 Å². The van der Waals surface area contributed by atoms with Crippen molar-refractivity contribution in [2.24, 2.45) is 0 Å². The molecule has 1 aromatic heterocycles. The SMILES string of the molecule is CCN1CCN(c2ncnc(Nc3cccc(C)c3)c2[N+](=O)[O-])CC1. The van der Waals surface area contributed by atoms with E-state index >= 15 is 0 Å². The maximum Gasteiger partial charge on any atom is 0.353 e. The zero-order valence-corrected chi connectivity index (χ0v) is 14.5. The van der Waals surface area contributed by atoms with Crippen molar-refractivity contribution in [3.63, 3.8) is 0 Å². The molecule has 25 heavy (non-hydrogen) atoms. The number of anilines is 3. The van der Waals surface area contributed by atoms with Crippen LogP contribution in [0.15, 0.2) is 30.6 Å². The smallest absolute Gasteiger partial charge is 0.348 e. The summed E-state index contributed by atoms with van der Waals surface area (Å²) >= 11 is 0. The van der Waals surface area contributed by atoms with Crippen molar-refractivity contribution in [2.75, 3.05) is 42.9 Å². The Hall–Kier alpha value is -2.74. The Kier molecular flexibility index (Phi) is 5.08. The Morgan fingerprint density at radius 1 is 1.24 bits per heavy atom. The van der Waals surface area contributed by atoms with Gasteiger partial charge in [0.25, 0.3) is 0 Å². The van der Waals surface area contributed by atoms with E-state index in [0.717, 1.165) is 44.0 Å². The van der Waals surface area contributed by atoms with Crippen molar-refractivity contribution in [3.8, 4) is 0 Å². The molecule has 132 valence electrons. The summed E-state index contributed by atoms with van der Waals surface area (Å²) in [6.45, 7) is 8.26. The number of rotatable bonds is 5. The van der Waals surface area contributed by atoms with E-state index in [2.05, 4.69) is 27.1 Å². The maximum atomic E-state index is 11.7. The van der Waals surface area contributed by atoms with Gasteiger partial charge < -0.3 is 15.1 Å². The van der Waals surface area contributed by atoms with Crippen LogP contribution in [0.1, 0.15) is 12.5 Å². The minimum atomic E-state index is -0.403. The van der Waals surface area contributed by atoms with Crippen LogP contribution in [0, 0.1) is 17.0 Å². The fourth-order valence-electron chi connectivity index (χ4n) is 3.00. The molecule has 2 aromatic rings. The van der Waals surface area contributed by atoms with Gasteiger partial charge >= 0.3 is 5.69 Å². The molecule has 1 saturated heterocycles. The Labute approximate surface area is 146 Å². The summed E-state index contributed by atoms with van der Waals surface area (Å²) in [5.74, 6) is 0.601. The number of aryl methyl sites for hydroxylation is 1. The lowest BCUT2D eigenvalue weighted by molar-refractivity contribution is -0.383. The van der Waals surface area contributed by atoms with Crippen LogP contribution < -0.4 is 10.2 Å². The molecular weight excluding hydrogens is 320 g/mol. The molecule has 0 unspecified atom stereocenters. The van der Waals surface area contributed by atoms with Crippen LogP contribution in [0.2, 0.25) is 0 Å². The molecule has 2 heterocycles. The van der Waals surface area contributed by atoms with E-state index in [4.69, 9.17) is 0 Å². The van der Waals surface area contributed by atoms with Gasteiger partial charge in [0.2, 0.25) is 11.6 Å². The molecule has 0 amide bonds. The number of benzene rings is 1. The maximum absolute atomic E-state index is 11.7. The van der Waals surface area contributed by atoms with Crippen LogP contribution in [0.4, 0.5) is 23.0 Å². The lowest BCUT2D eigenvalue weighted by Crippen LogP contribution is -2.46. The third-order valence-corrected chi connectivity index (χ3v) is 4.39. The molecule has 1 aromatic carbocycles. The highest BCUT2D eigenvalue weighted by Crippen LogP contribution is 2.34. The zero-order valence-electron chi connectivity index (χ0n) is 14.5. The van der Waals surface area contributed by atoms with Crippen molar-refractivity contribution < 1.29 is 4.92 Å². The fraction of sp³-hybridized carbons (Fsp3) is 0.412. The number of aromatic nitrogens is 2. The molecule has 0 aliphatic carbocycles. The number of hydrogen-bond donors (Lipinski definition) is 1. The van der Waals surface area contributed by atoms with Crippen molar-refractivity contribution in [2.45, 2.75) is 13.8 Å². The van der Waals surface area contributed by atoms with Crippen LogP contribution in [0.5, 0.6) is 0 Å². The number of nitro groups is 1. The molecule has 0 radical (unpaired) electrons. The topological polar surface area (TPSA) is 87.4 Å². The standard InChI is InChI=1S/C17H22N6O2/c1-3-21-7-9-22(10-8-21)17-15(23(24)25)16(18-12-19-17)20-14-6-4-5-13(2)11-14/h4-6,11-12H,3,7-10H2,1-2H3,(H,18,19,20). The summed E-state index contributed by atoms with van der Waals surface area (Å²) in [7, 11) is 0. The first-order valence-electron chi connectivity index (χ1n) is 8.39. The average molecular weight is 342 g/mol. The predicted octanol–water partition coefficient (Wildman–Crippen LogP) is 2.58. The highest BCUT2D eigenvalue weighted by Gasteiger charge is 2.29. The van der Waals surface area contributed by atoms with Gasteiger partial charge in [-0.2, -0.15) is 0 Å². The molecule has 3 rings (SSSR count). The second-order valence-electron chi connectivity index (χ2n) is 6.07. The van der Waals surface area contributed by atoms with Crippen molar-refractivity contribution in [1.29, 1.82) is 0 Å². The van der Waals surface area contributed by atoms with Crippen molar-refractivity contribution >= 4 is 23.0 Å². The Morgan fingerprint density at radius 2 is 2.00 bits per heavy atom. The van der Waals surface area contributed by atoms with E-state index in [1.807, 2.05) is 36.1 Å². The van der Waals surface area contributed by atoms with E-state index in [1.165, 1.54) is 6.33 Å². The minimum absolute atomic E-state index is 0.0750. The van der Waals surface area contributed by atoms with E-state index in [1.54, 1.807) is 0 Å². The molecule has 1 N–H and O–H groups in total. The van der Waals surface area contributed by atoms with Gasteiger partial charge in [-0.3, -0.25) is 10.1 Å². The van der Waals surface area contributed by atoms with Crippen LogP contribution in [0.25, 0.3) is 0 Å². The van der Waals surface area contributed by atoms with Gasteiger partial charge in [0.05, 0.1) is 4.92 Å². The molecule has 8 heteroatoms. The fourth-order valence-corrected chi connectivity index (χ4v) is 3.00. The zero-order chi connectivity index (χ0) is 17.8. The van der Waals surface area contributed by atoms with E-state index < -0.39 is 4.92 Å². The summed E-state index contributed by atoms with van der Waals surface area (Å²) in [4.78, 5) is 23.9. The molecule has 0 saturated carbocycles. The number of piperazine rings is 1. The van der Waals surface area contributed by atoms with Gasteiger partial charge in [-0.25, -0.2) is 9.97 Å². The van der Waals surface area contributed by atoms with E-state index in [-0.39, 0.29) is 11.5 Å². The monoisotopic (exact) mass is 342 g/mol. The van der Waals surface area contributed by atoms with Crippen LogP contribution in [0.3, 0.4) is 0 Å². The van der Waals surface area contributed by atoms with Gasteiger partial charge in [-0.05, 0) is 31.2 Å². The quantitative estimate of drug-likeness (QED) is 0.660. The van der Waals surface area contributed by atoms with E-state index in [0.29, 0.717) is 5.82 Å². The Morgan fingerprint density at radius 3 is 2.64 bits per heavy atom. The summed E-state index contributed by atoms with van der Waals surface area (Å²) in [6.07, 6.45) is 1.38. The number of likely N-dealkylation sites (N-methyl/N-ethyl adjacent to an activating group) is 1. The number of hydrogen-bond acceptors (Lipinski definition) is 7. The molecule has 1 aliphatic rings. The molecule has 0 spiro atoms. The first-order chi connectivity index (χ1) is 12.1. The first kappa shape index (κ1) is 17.1. The van der Waals surface area contributed by atoms with Gasteiger partial charge in [-0.15, -0.1) is 0 Å². The van der Waals surface area contributed by atoms with Crippen LogP contribution >= 0.6 is 0 Å². The molecule has 0 bridgehead atoms. The van der Waals surface area contributed by atoms with Gasteiger partial charge in [-0.1, -0.05) is 19.1 Å². The molecule has 1 aliphatic heterocycles. The normalized spacial score (nSPS) is 15.2. The number of nitrogens with zero attached hydrogens (tertiary/aromatic N) is 5. The first-order valence-corrected chi connectivity index (χ1v) is 8.39. The van der Waals surface area contributed by atoms with Crippen molar-refractivity contribution in [1.82, 2.24) is 14.9 Å². The second-order valence-corrected chi connectivity index (χ2v) is 6.07. The Balaban J connectivity index is 1.91. The summed E-state index contributed by atoms with van der Waals surface area (Å²) < 4.78 is 0. The van der Waals surface area contributed by atoms with Crippen LogP contribution in [-0.4, -0.2) is 52.5 Å². The molecule has 1 fully saturated rings. The summed E-state index contributed by atoms with van der Waals surface area (Å²) in [5.41, 5.74) is 1.76. The highest BCUT2D eigenvalue weighted by atomic mass is 16.6. The minimum Gasteiger partial charge on any atom is -0.348 e. The average Bonchev–Trinajstić information content (AvgIpc) is 2.61. The van der Waals surface area contributed by atoms with E-state index in [9.17, 15) is 10.1 Å².